The second-order valence-electron chi connectivity index (χ2n) is 5.21. The van der Waals surface area contributed by atoms with Gasteiger partial charge in [0.2, 0.25) is 5.91 Å². The van der Waals surface area contributed by atoms with E-state index in [4.69, 9.17) is 5.26 Å². The molecule has 0 atom stereocenters. The van der Waals surface area contributed by atoms with E-state index in [2.05, 4.69) is 11.4 Å². The number of hydrogen-bond donors (Lipinski definition) is 1. The fourth-order valence-electron chi connectivity index (χ4n) is 1.22. The smallest absolute Gasteiger partial charge is 0.234 e. The summed E-state index contributed by atoms with van der Waals surface area (Å²) in [6, 6.07) is 2.43. The molecule has 0 unspecified atom stereocenters. The molecule has 0 saturated carbocycles. The summed E-state index contributed by atoms with van der Waals surface area (Å²) in [5, 5.41) is 11.7. The Balaban J connectivity index is 3.88. The molecule has 1 N–H and O–H groups in total. The van der Waals surface area contributed by atoms with Gasteiger partial charge in [-0.15, -0.1) is 0 Å². The Kier molecular flexibility index (Phi) is 6.05. The fraction of sp³-hybridized carbons (Fsp3) is 0.833. The quantitative estimate of drug-likeness (QED) is 0.743. The zero-order valence-corrected chi connectivity index (χ0v) is 11.0. The second kappa shape index (κ2) is 6.49. The van der Waals surface area contributed by atoms with Crippen molar-refractivity contribution in [3.63, 3.8) is 0 Å². The topological polar surface area (TPSA) is 56.1 Å². The number of nitrogens with zero attached hydrogens (tertiary/aromatic N) is 2. The number of likely N-dealkylation sites (N-methyl/N-ethyl adjacent to an activating group) is 1. The van der Waals surface area contributed by atoms with E-state index in [1.807, 2.05) is 39.6 Å². The minimum Gasteiger partial charge on any atom is -0.353 e. The maximum absolute atomic E-state index is 11.4. The van der Waals surface area contributed by atoms with Crippen molar-refractivity contribution >= 4 is 5.91 Å². The molecule has 0 aliphatic rings. The lowest BCUT2D eigenvalue weighted by Crippen LogP contribution is -2.39. The van der Waals surface area contributed by atoms with Crippen molar-refractivity contribution in [2.75, 3.05) is 20.1 Å². The van der Waals surface area contributed by atoms with E-state index in [0.29, 0.717) is 6.54 Å². The standard InChI is InChI=1S/C12H23N3O/c1-10(2)14-11(16)8-15(5)7-6-12(3,4)9-13/h10H,6-8H2,1-5H3,(H,14,16). The van der Waals surface area contributed by atoms with Gasteiger partial charge in [-0.05, 0) is 47.7 Å². The first-order valence-corrected chi connectivity index (χ1v) is 5.66. The molecular weight excluding hydrogens is 202 g/mol. The summed E-state index contributed by atoms with van der Waals surface area (Å²) >= 11 is 0. The van der Waals surface area contributed by atoms with Crippen LogP contribution in [0, 0.1) is 16.7 Å². The molecule has 0 aromatic rings. The molecule has 4 nitrogen and oxygen atoms in total. The third kappa shape index (κ3) is 7.24. The minimum atomic E-state index is -0.317. The maximum atomic E-state index is 11.4. The Morgan fingerprint density at radius 2 is 2.06 bits per heavy atom. The summed E-state index contributed by atoms with van der Waals surface area (Å²) < 4.78 is 0. The highest BCUT2D eigenvalue weighted by Gasteiger charge is 2.17. The van der Waals surface area contributed by atoms with Gasteiger partial charge in [0.25, 0.3) is 0 Å². The van der Waals surface area contributed by atoms with Crippen LogP contribution in [-0.4, -0.2) is 37.0 Å². The Bertz CT molecular complexity index is 266. The van der Waals surface area contributed by atoms with Crippen molar-refractivity contribution in [3.8, 4) is 6.07 Å². The van der Waals surface area contributed by atoms with Gasteiger partial charge in [0, 0.05) is 6.04 Å². The number of nitriles is 1. The highest BCUT2D eigenvalue weighted by Crippen LogP contribution is 2.18. The van der Waals surface area contributed by atoms with E-state index in [1.165, 1.54) is 0 Å². The van der Waals surface area contributed by atoms with Gasteiger partial charge in [-0.25, -0.2) is 0 Å². The monoisotopic (exact) mass is 225 g/mol. The van der Waals surface area contributed by atoms with Crippen molar-refractivity contribution in [2.45, 2.75) is 40.2 Å². The molecule has 0 aromatic carbocycles. The lowest BCUT2D eigenvalue weighted by Gasteiger charge is -2.21. The van der Waals surface area contributed by atoms with Crippen LogP contribution in [0.1, 0.15) is 34.1 Å². The van der Waals surface area contributed by atoms with Gasteiger partial charge in [0.1, 0.15) is 0 Å². The van der Waals surface area contributed by atoms with Crippen LogP contribution >= 0.6 is 0 Å². The molecule has 0 aliphatic carbocycles. The summed E-state index contributed by atoms with van der Waals surface area (Å²) in [6.45, 7) is 8.85. The Labute approximate surface area is 98.6 Å². The largest absolute Gasteiger partial charge is 0.353 e. The molecule has 0 radical (unpaired) electrons. The number of carbonyl (C=O) groups is 1. The van der Waals surface area contributed by atoms with Crippen LogP contribution in [0.15, 0.2) is 0 Å². The third-order valence-electron chi connectivity index (χ3n) is 2.28. The van der Waals surface area contributed by atoms with E-state index in [1.54, 1.807) is 0 Å². The first-order chi connectivity index (χ1) is 7.26. The maximum Gasteiger partial charge on any atom is 0.234 e. The molecule has 0 bridgehead atoms. The molecule has 4 heteroatoms. The van der Waals surface area contributed by atoms with Crippen molar-refractivity contribution in [3.05, 3.63) is 0 Å². The van der Waals surface area contributed by atoms with Gasteiger partial charge >= 0.3 is 0 Å². The van der Waals surface area contributed by atoms with Gasteiger partial charge in [0.15, 0.2) is 0 Å². The molecule has 0 heterocycles. The molecule has 0 spiro atoms. The van der Waals surface area contributed by atoms with E-state index < -0.39 is 0 Å². The van der Waals surface area contributed by atoms with E-state index in [0.717, 1.165) is 13.0 Å². The normalized spacial score (nSPS) is 11.6. The summed E-state index contributed by atoms with van der Waals surface area (Å²) in [4.78, 5) is 13.4. The Morgan fingerprint density at radius 3 is 2.50 bits per heavy atom. The number of carbonyl (C=O) groups excluding carboxylic acids is 1. The Morgan fingerprint density at radius 1 is 1.50 bits per heavy atom. The zero-order chi connectivity index (χ0) is 12.8. The van der Waals surface area contributed by atoms with Gasteiger partial charge in [-0.1, -0.05) is 0 Å². The number of rotatable bonds is 6. The van der Waals surface area contributed by atoms with Gasteiger partial charge in [-0.2, -0.15) is 5.26 Å². The van der Waals surface area contributed by atoms with Gasteiger partial charge in [-0.3, -0.25) is 9.69 Å². The van der Waals surface area contributed by atoms with Crippen molar-refractivity contribution in [1.29, 1.82) is 5.26 Å². The average molecular weight is 225 g/mol. The molecule has 0 saturated heterocycles. The van der Waals surface area contributed by atoms with Crippen LogP contribution in [-0.2, 0) is 4.79 Å². The summed E-state index contributed by atoms with van der Waals surface area (Å²) in [5.74, 6) is 0.0345. The summed E-state index contributed by atoms with van der Waals surface area (Å²) in [6.07, 6.45) is 0.773. The lowest BCUT2D eigenvalue weighted by atomic mass is 9.91. The fourth-order valence-corrected chi connectivity index (χ4v) is 1.22. The predicted octanol–water partition coefficient (Wildman–Crippen LogP) is 1.38. The number of hydrogen-bond acceptors (Lipinski definition) is 3. The predicted molar refractivity (Wildman–Crippen MR) is 64.8 cm³/mol. The van der Waals surface area contributed by atoms with Crippen LogP contribution in [0.5, 0.6) is 0 Å². The molecule has 0 fully saturated rings. The highest BCUT2D eigenvalue weighted by atomic mass is 16.2. The van der Waals surface area contributed by atoms with Crippen LogP contribution in [0.3, 0.4) is 0 Å². The van der Waals surface area contributed by atoms with Crippen LogP contribution in [0.2, 0.25) is 0 Å². The van der Waals surface area contributed by atoms with Crippen LogP contribution in [0.25, 0.3) is 0 Å². The van der Waals surface area contributed by atoms with Crippen molar-refractivity contribution < 1.29 is 4.79 Å². The van der Waals surface area contributed by atoms with Crippen molar-refractivity contribution in [2.24, 2.45) is 5.41 Å². The average Bonchev–Trinajstić information content (AvgIpc) is 2.13. The molecule has 16 heavy (non-hydrogen) atoms. The number of nitrogens with one attached hydrogen (secondary N) is 1. The second-order valence-corrected chi connectivity index (χ2v) is 5.21. The summed E-state index contributed by atoms with van der Waals surface area (Å²) in [5.41, 5.74) is -0.317. The lowest BCUT2D eigenvalue weighted by molar-refractivity contribution is -0.122. The van der Waals surface area contributed by atoms with Crippen LogP contribution < -0.4 is 5.32 Å². The molecule has 0 aliphatic heterocycles. The molecule has 0 aromatic heterocycles. The zero-order valence-electron chi connectivity index (χ0n) is 11.0. The molecule has 1 amide bonds. The van der Waals surface area contributed by atoms with Crippen LogP contribution in [0.4, 0.5) is 0 Å². The van der Waals surface area contributed by atoms with Gasteiger partial charge in [0.05, 0.1) is 18.0 Å². The minimum absolute atomic E-state index is 0.0345. The Hall–Kier alpha value is -1.08. The van der Waals surface area contributed by atoms with E-state index in [9.17, 15) is 4.79 Å². The SMILES string of the molecule is CC(C)NC(=O)CN(C)CCC(C)(C)C#N. The van der Waals surface area contributed by atoms with E-state index in [-0.39, 0.29) is 17.4 Å². The third-order valence-corrected chi connectivity index (χ3v) is 2.28. The van der Waals surface area contributed by atoms with Gasteiger partial charge < -0.3 is 5.32 Å². The molecule has 92 valence electrons. The molecule has 0 rings (SSSR count). The summed E-state index contributed by atoms with van der Waals surface area (Å²) in [7, 11) is 1.90. The first kappa shape index (κ1) is 14.9. The first-order valence-electron chi connectivity index (χ1n) is 5.66. The molecular formula is C12H23N3O. The highest BCUT2D eigenvalue weighted by molar-refractivity contribution is 5.78. The van der Waals surface area contributed by atoms with E-state index >= 15 is 0 Å². The number of amides is 1. The van der Waals surface area contributed by atoms with Crippen molar-refractivity contribution in [1.82, 2.24) is 10.2 Å².